The fourth-order valence-corrected chi connectivity index (χ4v) is 5.83. The first-order chi connectivity index (χ1) is 16.5. The third-order valence-corrected chi connectivity index (χ3v) is 7.78. The Hall–Kier alpha value is -3.39. The van der Waals surface area contributed by atoms with E-state index in [1.54, 1.807) is 11.6 Å². The number of carbonyl (C=O) groups is 2. The van der Waals surface area contributed by atoms with E-state index >= 15 is 0 Å². The Morgan fingerprint density at radius 2 is 1.97 bits per heavy atom. The number of amides is 2. The molecule has 3 N–H and O–H groups in total. The van der Waals surface area contributed by atoms with Crippen LogP contribution in [-0.2, 0) is 9.59 Å². The Bertz CT molecular complexity index is 1300. The molecular weight excluding hydrogens is 486 g/mol. The zero-order valence-electron chi connectivity index (χ0n) is 18.4. The number of anilines is 2. The number of benzene rings is 1. The van der Waals surface area contributed by atoms with Crippen molar-refractivity contribution in [3.8, 4) is 6.07 Å². The quantitative estimate of drug-likeness (QED) is 0.405. The summed E-state index contributed by atoms with van der Waals surface area (Å²) in [5, 5.41) is 23.9. The summed E-state index contributed by atoms with van der Waals surface area (Å²) in [5.41, 5.74) is 3.21. The number of nitriles is 1. The van der Waals surface area contributed by atoms with Crippen LogP contribution in [0, 0.1) is 18.3 Å². The van der Waals surface area contributed by atoms with Crippen molar-refractivity contribution in [2.75, 3.05) is 16.4 Å². The number of hydrogen-bond acceptors (Lipinski definition) is 8. The van der Waals surface area contributed by atoms with Gasteiger partial charge in [-0.1, -0.05) is 36.0 Å². The molecule has 3 aromatic rings. The highest BCUT2D eigenvalue weighted by atomic mass is 32.2. The summed E-state index contributed by atoms with van der Waals surface area (Å²) in [6.07, 6.45) is 1.62. The van der Waals surface area contributed by atoms with Crippen LogP contribution in [0.15, 0.2) is 75.2 Å². The maximum Gasteiger partial charge on any atom is 0.254 e. The summed E-state index contributed by atoms with van der Waals surface area (Å²) in [6, 6.07) is 13.7. The molecule has 10 heteroatoms. The Morgan fingerprint density at radius 3 is 2.65 bits per heavy atom. The number of thiophene rings is 1. The number of aromatic nitrogens is 1. The number of hydrogen-bond donors (Lipinski definition) is 3. The monoisotopic (exact) mass is 507 g/mol. The molecule has 34 heavy (non-hydrogen) atoms. The number of rotatable bonds is 7. The Morgan fingerprint density at radius 1 is 1.15 bits per heavy atom. The molecule has 1 unspecified atom stereocenters. The number of dihydropyridines is 1. The number of nitrogens with one attached hydrogen (secondary N) is 3. The smallest absolute Gasteiger partial charge is 0.254 e. The molecule has 2 amide bonds. The molecule has 0 saturated heterocycles. The lowest BCUT2D eigenvalue weighted by Gasteiger charge is -2.29. The summed E-state index contributed by atoms with van der Waals surface area (Å²) in [6.45, 7) is 3.75. The van der Waals surface area contributed by atoms with Gasteiger partial charge in [0.15, 0.2) is 5.13 Å². The van der Waals surface area contributed by atoms with Gasteiger partial charge in [-0.05, 0) is 36.9 Å². The van der Waals surface area contributed by atoms with Crippen LogP contribution < -0.4 is 16.0 Å². The Balaban J connectivity index is 1.61. The summed E-state index contributed by atoms with van der Waals surface area (Å²) < 4.78 is 0. The average Bonchev–Trinajstić information content (AvgIpc) is 3.53. The number of carbonyl (C=O) groups excluding carboxylic acids is 2. The van der Waals surface area contributed by atoms with Crippen LogP contribution in [-0.4, -0.2) is 22.6 Å². The SMILES string of the molecule is CC1=C(C(=O)Nc2ccccc2C)C(c2cccs2)C(C#N)=C(SCC(=O)Nc2nccs2)N1. The van der Waals surface area contributed by atoms with Crippen LogP contribution in [0.4, 0.5) is 10.8 Å². The molecule has 1 aliphatic heterocycles. The third kappa shape index (κ3) is 5.22. The number of nitrogens with zero attached hydrogens (tertiary/aromatic N) is 2. The molecule has 0 aliphatic carbocycles. The number of para-hydroxylation sites is 1. The van der Waals surface area contributed by atoms with Crippen LogP contribution in [0.2, 0.25) is 0 Å². The van der Waals surface area contributed by atoms with Gasteiger partial charge >= 0.3 is 0 Å². The predicted octanol–water partition coefficient (Wildman–Crippen LogP) is 5.22. The van der Waals surface area contributed by atoms with Gasteiger partial charge in [0.25, 0.3) is 5.91 Å². The maximum atomic E-state index is 13.4. The minimum absolute atomic E-state index is 0.0995. The lowest BCUT2D eigenvalue weighted by atomic mass is 9.86. The molecule has 4 rings (SSSR count). The molecule has 1 aliphatic rings. The minimum Gasteiger partial charge on any atom is -0.353 e. The zero-order valence-corrected chi connectivity index (χ0v) is 20.9. The highest BCUT2D eigenvalue weighted by Gasteiger charge is 2.35. The molecule has 0 saturated carbocycles. The molecule has 0 radical (unpaired) electrons. The summed E-state index contributed by atoms with van der Waals surface area (Å²) in [7, 11) is 0. The van der Waals surface area contributed by atoms with E-state index in [0.717, 1.165) is 16.1 Å². The molecule has 7 nitrogen and oxygen atoms in total. The van der Waals surface area contributed by atoms with E-state index < -0.39 is 5.92 Å². The van der Waals surface area contributed by atoms with Crippen LogP contribution in [0.1, 0.15) is 23.3 Å². The van der Waals surface area contributed by atoms with Crippen molar-refractivity contribution in [1.29, 1.82) is 5.26 Å². The van der Waals surface area contributed by atoms with Gasteiger partial charge in [0, 0.05) is 33.4 Å². The van der Waals surface area contributed by atoms with Gasteiger partial charge in [-0.3, -0.25) is 9.59 Å². The van der Waals surface area contributed by atoms with Gasteiger partial charge in [-0.2, -0.15) is 5.26 Å². The second kappa shape index (κ2) is 10.7. The predicted molar refractivity (Wildman–Crippen MR) is 139 cm³/mol. The van der Waals surface area contributed by atoms with Crippen LogP contribution in [0.5, 0.6) is 0 Å². The van der Waals surface area contributed by atoms with Crippen molar-refractivity contribution in [3.63, 3.8) is 0 Å². The standard InChI is InChI=1S/C24H21N5O2S3/c1-14-6-3-4-7-17(14)28-22(31)20-15(2)27-23(16(12-25)21(20)18-8-5-10-32-18)34-13-19(30)29-24-26-9-11-33-24/h3-11,21,27H,13H2,1-2H3,(H,28,31)(H,26,29,30). The lowest BCUT2D eigenvalue weighted by molar-refractivity contribution is -0.114. The molecule has 1 atom stereocenters. The Kier molecular flexibility index (Phi) is 7.47. The second-order valence-electron chi connectivity index (χ2n) is 7.41. The molecule has 1 aromatic carbocycles. The average molecular weight is 508 g/mol. The fraction of sp³-hybridized carbons (Fsp3) is 0.167. The molecule has 0 spiro atoms. The van der Waals surface area contributed by atoms with Gasteiger partial charge < -0.3 is 16.0 Å². The summed E-state index contributed by atoms with van der Waals surface area (Å²) in [5.74, 6) is -0.915. The van der Waals surface area contributed by atoms with E-state index in [2.05, 4.69) is 27.0 Å². The molecular formula is C24H21N5O2S3. The van der Waals surface area contributed by atoms with Crippen molar-refractivity contribution >= 4 is 57.1 Å². The second-order valence-corrected chi connectivity index (χ2v) is 10.3. The van der Waals surface area contributed by atoms with Crippen molar-refractivity contribution < 1.29 is 9.59 Å². The van der Waals surface area contributed by atoms with E-state index in [4.69, 9.17) is 0 Å². The highest BCUT2D eigenvalue weighted by Crippen LogP contribution is 2.42. The normalized spacial score (nSPS) is 15.5. The van der Waals surface area contributed by atoms with E-state index in [-0.39, 0.29) is 17.6 Å². The van der Waals surface area contributed by atoms with Gasteiger partial charge in [0.05, 0.1) is 28.3 Å². The van der Waals surface area contributed by atoms with E-state index in [0.29, 0.717) is 27.0 Å². The van der Waals surface area contributed by atoms with Gasteiger partial charge in [-0.15, -0.1) is 22.7 Å². The topological polar surface area (TPSA) is 107 Å². The fourth-order valence-electron chi connectivity index (χ4n) is 3.55. The van der Waals surface area contributed by atoms with Crippen molar-refractivity contribution in [3.05, 3.63) is 85.7 Å². The van der Waals surface area contributed by atoms with Crippen LogP contribution in [0.3, 0.4) is 0 Å². The molecule has 0 bridgehead atoms. The number of thiazole rings is 1. The van der Waals surface area contributed by atoms with Crippen molar-refractivity contribution in [2.24, 2.45) is 0 Å². The van der Waals surface area contributed by atoms with E-state index in [1.807, 2.05) is 55.6 Å². The van der Waals surface area contributed by atoms with E-state index in [9.17, 15) is 14.9 Å². The molecule has 0 fully saturated rings. The largest absolute Gasteiger partial charge is 0.353 e. The zero-order chi connectivity index (χ0) is 24.1. The number of allylic oxidation sites excluding steroid dienone is 2. The summed E-state index contributed by atoms with van der Waals surface area (Å²) in [4.78, 5) is 30.8. The Labute approximate surface area is 209 Å². The summed E-state index contributed by atoms with van der Waals surface area (Å²) >= 11 is 4.06. The first-order valence-corrected chi connectivity index (χ1v) is 13.1. The van der Waals surface area contributed by atoms with Crippen molar-refractivity contribution in [2.45, 2.75) is 19.8 Å². The molecule has 172 valence electrons. The maximum absolute atomic E-state index is 13.4. The van der Waals surface area contributed by atoms with E-state index in [1.165, 1.54) is 34.4 Å². The first kappa shape index (κ1) is 23.8. The number of thioether (sulfide) groups is 1. The minimum atomic E-state index is -0.528. The molecule has 3 heterocycles. The highest BCUT2D eigenvalue weighted by molar-refractivity contribution is 8.03. The van der Waals surface area contributed by atoms with Crippen LogP contribution in [0.25, 0.3) is 0 Å². The third-order valence-electron chi connectivity index (χ3n) is 5.14. The number of aryl methyl sites for hydroxylation is 1. The van der Waals surface area contributed by atoms with Crippen LogP contribution >= 0.6 is 34.4 Å². The van der Waals surface area contributed by atoms with Crippen molar-refractivity contribution in [1.82, 2.24) is 10.3 Å². The van der Waals surface area contributed by atoms with Gasteiger partial charge in [0.2, 0.25) is 5.91 Å². The molecule has 2 aromatic heterocycles. The van der Waals surface area contributed by atoms with Gasteiger partial charge in [0.1, 0.15) is 0 Å². The lowest BCUT2D eigenvalue weighted by Crippen LogP contribution is -2.31. The van der Waals surface area contributed by atoms with Gasteiger partial charge in [-0.25, -0.2) is 4.98 Å². The first-order valence-electron chi connectivity index (χ1n) is 10.3.